The number of hydrogen-bond acceptors (Lipinski definition) is 11. The Morgan fingerprint density at radius 3 is 2.25 bits per heavy atom. The number of thiazole rings is 1. The molecule has 0 saturated heterocycles. The van der Waals surface area contributed by atoms with E-state index in [1.165, 1.54) is 41.0 Å². The molecule has 5 aromatic rings. The van der Waals surface area contributed by atoms with Gasteiger partial charge in [0.1, 0.15) is 0 Å². The molecule has 402 valence electrons. The number of rotatable bonds is 27. The lowest BCUT2D eigenvalue weighted by molar-refractivity contribution is -0.865. The van der Waals surface area contributed by atoms with Crippen LogP contribution in [-0.4, -0.2) is 89.3 Å². The third kappa shape index (κ3) is 18.5. The maximum Gasteiger partial charge on any atom is 0.438 e. The van der Waals surface area contributed by atoms with Crippen LogP contribution in [0.3, 0.4) is 0 Å². The molecule has 14 heteroatoms. The molecule has 2 aromatic carbocycles. The Kier molecular flexibility index (Phi) is 28.6. The van der Waals surface area contributed by atoms with Crippen molar-refractivity contribution >= 4 is 34.1 Å². The number of aromatic nitrogens is 3. The van der Waals surface area contributed by atoms with Crippen LogP contribution >= 0.6 is 11.3 Å². The van der Waals surface area contributed by atoms with Crippen LogP contribution in [-0.2, 0) is 40.1 Å². The van der Waals surface area contributed by atoms with E-state index in [9.17, 15) is 9.59 Å². The van der Waals surface area contributed by atoms with E-state index in [1.54, 1.807) is 30.4 Å². The van der Waals surface area contributed by atoms with Crippen LogP contribution in [0.15, 0.2) is 110 Å². The zero-order valence-electron chi connectivity index (χ0n) is 46.5. The van der Waals surface area contributed by atoms with Gasteiger partial charge in [0.05, 0.1) is 48.1 Å². The number of nitrogens with two attached hydrogens (primary N) is 3. The van der Waals surface area contributed by atoms with Crippen LogP contribution in [0.5, 0.6) is 0 Å². The highest BCUT2D eigenvalue weighted by Gasteiger charge is 2.46. The van der Waals surface area contributed by atoms with Crippen molar-refractivity contribution in [1.82, 2.24) is 24.9 Å². The highest BCUT2D eigenvalue weighted by Crippen LogP contribution is 2.42. The number of methoxy groups -OCH3 is 1. The number of urea groups is 1. The average molecular weight is 1020 g/mol. The molecule has 0 saturated carbocycles. The molecule has 0 aliphatic heterocycles. The van der Waals surface area contributed by atoms with Crippen molar-refractivity contribution in [2.45, 2.75) is 132 Å². The number of aryl methyl sites for hydroxylation is 2. The first-order chi connectivity index (χ1) is 35.0. The zero-order valence-corrected chi connectivity index (χ0v) is 47.3. The van der Waals surface area contributed by atoms with Crippen molar-refractivity contribution < 1.29 is 23.7 Å². The predicted molar refractivity (Wildman–Crippen MR) is 308 cm³/mol. The summed E-state index contributed by atoms with van der Waals surface area (Å²) in [5, 5.41) is 4.57. The van der Waals surface area contributed by atoms with Crippen molar-refractivity contribution in [3.05, 3.63) is 132 Å². The van der Waals surface area contributed by atoms with Gasteiger partial charge in [0.15, 0.2) is 11.8 Å². The highest BCUT2D eigenvalue weighted by molar-refractivity contribution is 7.09. The minimum absolute atomic E-state index is 0.00694. The molecule has 2 amide bonds. The molecule has 0 bridgehead atoms. The van der Waals surface area contributed by atoms with E-state index in [-0.39, 0.29) is 29.3 Å². The number of allylic oxidation sites excluding steroid dienone is 1. The molecule has 7 N–H and O–H groups in total. The van der Waals surface area contributed by atoms with Gasteiger partial charge in [-0.2, -0.15) is 10.4 Å². The number of fused-ring (bicyclic) bond motifs is 1. The fourth-order valence-electron chi connectivity index (χ4n) is 9.29. The molecule has 0 radical (unpaired) electrons. The second kappa shape index (κ2) is 32.8. The van der Waals surface area contributed by atoms with Gasteiger partial charge in [0.2, 0.25) is 0 Å². The Morgan fingerprint density at radius 2 is 1.66 bits per heavy atom. The topological polar surface area (TPSA) is 177 Å². The van der Waals surface area contributed by atoms with Gasteiger partial charge in [-0.25, -0.2) is 9.78 Å². The number of amides is 2. The predicted octanol–water partition coefficient (Wildman–Crippen LogP) is 12.2. The summed E-state index contributed by atoms with van der Waals surface area (Å²) in [5.74, 6) is 11.8. The number of unbranched alkanes of at least 4 members (excludes halogenated alkanes) is 1. The number of nitrogens with one attached hydrogen (secondary N) is 1. The second-order valence-electron chi connectivity index (χ2n) is 19.5. The number of Topliss-reactive ketones (excluding diaryl/α,β-unsaturated/α-hetero) is 1. The number of nitrogens with zero attached hydrogens (tertiary/aromatic N) is 5. The minimum atomic E-state index is -0.566. The van der Waals surface area contributed by atoms with Gasteiger partial charge < -0.3 is 19.8 Å². The van der Waals surface area contributed by atoms with Crippen LogP contribution in [0.25, 0.3) is 33.4 Å². The fraction of sp³-hybridized carbons (Fsp3) is 0.492. The number of pyridine rings is 1. The van der Waals surface area contributed by atoms with Gasteiger partial charge in [-0.15, -0.1) is 24.5 Å². The number of ketones is 1. The molecular formula is C59H92N9O4S+. The lowest BCUT2D eigenvalue weighted by atomic mass is 9.84. The van der Waals surface area contributed by atoms with Crippen LogP contribution in [0.1, 0.15) is 122 Å². The highest BCUT2D eigenvalue weighted by atomic mass is 32.1. The first kappa shape index (κ1) is 63.8. The van der Waals surface area contributed by atoms with Gasteiger partial charge in [0, 0.05) is 91.1 Å². The Morgan fingerprint density at radius 1 is 0.986 bits per heavy atom. The van der Waals surface area contributed by atoms with Gasteiger partial charge in [-0.05, 0) is 101 Å². The molecule has 73 heavy (non-hydrogen) atoms. The van der Waals surface area contributed by atoms with E-state index in [0.717, 1.165) is 97.5 Å². The van der Waals surface area contributed by atoms with E-state index in [2.05, 4.69) is 99.4 Å². The van der Waals surface area contributed by atoms with Crippen LogP contribution in [0.2, 0.25) is 0 Å². The molecule has 3 atom stereocenters. The molecular weight excluding hydrogens is 931 g/mol. The number of hydrazine groups is 1. The van der Waals surface area contributed by atoms with Crippen molar-refractivity contribution in [3.8, 4) is 22.5 Å². The number of ether oxygens (including phenoxy) is 2. The van der Waals surface area contributed by atoms with Crippen molar-refractivity contribution in [2.24, 2.45) is 28.8 Å². The van der Waals surface area contributed by atoms with Gasteiger partial charge in [-0.1, -0.05) is 96.7 Å². The lowest BCUT2D eigenvalue weighted by Gasteiger charge is -2.38. The molecule has 0 fully saturated rings. The molecule has 3 unspecified atom stereocenters. The second-order valence-corrected chi connectivity index (χ2v) is 20.4. The summed E-state index contributed by atoms with van der Waals surface area (Å²) in [4.78, 5) is 37.7. The third-order valence-electron chi connectivity index (χ3n) is 12.6. The average Bonchev–Trinajstić information content (AvgIpc) is 3.99. The summed E-state index contributed by atoms with van der Waals surface area (Å²) in [7, 11) is 4.90. The zero-order chi connectivity index (χ0) is 54.7. The molecule has 13 nitrogen and oxygen atoms in total. The third-order valence-corrected chi connectivity index (χ3v) is 13.5. The van der Waals surface area contributed by atoms with Gasteiger partial charge in [-0.3, -0.25) is 25.9 Å². The van der Waals surface area contributed by atoms with Crippen molar-refractivity contribution in [1.29, 1.82) is 0 Å². The summed E-state index contributed by atoms with van der Waals surface area (Å²) in [5.41, 5.74) is 17.2. The van der Waals surface area contributed by atoms with E-state index in [0.29, 0.717) is 26.1 Å². The number of carbonyl (C=O) groups excluding carboxylic acids is 2. The smallest absolute Gasteiger partial charge is 0.438 e. The van der Waals surface area contributed by atoms with Crippen LogP contribution in [0, 0.1) is 11.3 Å². The first-order valence-electron chi connectivity index (χ1n) is 26.0. The lowest BCUT2D eigenvalue weighted by Crippen LogP contribution is -2.69. The van der Waals surface area contributed by atoms with Gasteiger partial charge in [0.25, 0.3) is 0 Å². The molecule has 3 aromatic heterocycles. The maximum absolute atomic E-state index is 13.1. The minimum Gasteiger partial charge on any atom is -0.501 e. The Hall–Kier alpha value is -5.32. The summed E-state index contributed by atoms with van der Waals surface area (Å²) >= 11 is 1.73. The summed E-state index contributed by atoms with van der Waals surface area (Å²) < 4.78 is 13.5. The normalized spacial score (nSPS) is 12.8. The van der Waals surface area contributed by atoms with E-state index in [4.69, 9.17) is 31.1 Å². The van der Waals surface area contributed by atoms with Crippen LogP contribution in [0.4, 0.5) is 4.79 Å². The van der Waals surface area contributed by atoms with Crippen LogP contribution < -0.4 is 22.8 Å². The monoisotopic (exact) mass is 1020 g/mol. The molecule has 0 spiro atoms. The first-order valence-corrected chi connectivity index (χ1v) is 26.8. The molecule has 0 aliphatic rings. The molecule has 3 heterocycles. The van der Waals surface area contributed by atoms with E-state index >= 15 is 0 Å². The number of carbonyl (C=O) groups is 2. The fourth-order valence-corrected chi connectivity index (χ4v) is 10.1. The quantitative estimate of drug-likeness (QED) is 0.00753. The van der Waals surface area contributed by atoms with Crippen molar-refractivity contribution in [2.75, 3.05) is 47.4 Å². The van der Waals surface area contributed by atoms with Gasteiger partial charge >= 0.3 is 6.03 Å². The SMILES string of the molecule is C=C.C=COCC(C)(C)Cc1c(-c2cccnc2C(C)OC)n(CC)c2ccc(-c3csc(CCC(=C)CCCCNN)n3)cc12.CCCN(CCC)C(=O)[N+](C)(N)C(C(=O)Cc1ccccc1)C(C)C.CN. The Labute approximate surface area is 443 Å². The standard InChI is InChI=1S/C36H49N5O2S.C20H34N3O2.C2H4.CH5N/c1-8-41-32-17-16-27(31-23-44-33(40-31)18-15-25(3)13-10-11-20-39-37)21-29(32)30(22-36(5,6)24-43-9-2)35(41)28-14-12-19-38-34(28)26(4)42-7;1-6-13-22(14-7-2)20(25)23(5,21)19(16(3)4)18(24)15-17-11-9-8-10-12-17;2*1-2/h9,12,14,16-17,19,21,23,26,39H,2-3,8,10-11,13,15,18,20,22,24,37H2,1,4-7H3;8-12,16,19H,6-7,13-15,21H2,1-5H3;1-2H2;2H2,1H3/q;+1;;. The Bertz CT molecular complexity index is 2420. The van der Waals surface area contributed by atoms with E-state index in [1.807, 2.05) is 70.3 Å². The number of likely N-dealkylation sites (N-methyl/N-ethyl adjacent to an activating group) is 1. The number of benzene rings is 2. The Balaban J connectivity index is 0.000000535. The number of quaternary nitrogens is 1. The van der Waals surface area contributed by atoms with Crippen molar-refractivity contribution in [3.63, 3.8) is 0 Å². The maximum atomic E-state index is 13.1. The molecule has 5 rings (SSSR count). The molecule has 0 aliphatic carbocycles. The number of hydrogen-bond donors (Lipinski definition) is 4. The summed E-state index contributed by atoms with van der Waals surface area (Å²) in [6.07, 6.45) is 11.2. The summed E-state index contributed by atoms with van der Waals surface area (Å²) in [6.45, 7) is 34.4. The van der Waals surface area contributed by atoms with E-state index < -0.39 is 10.6 Å². The largest absolute Gasteiger partial charge is 0.501 e. The summed E-state index contributed by atoms with van der Waals surface area (Å²) in [6, 6.07) is 19.8.